The number of aryl methyl sites for hydroxylation is 1. The summed E-state index contributed by atoms with van der Waals surface area (Å²) in [6.45, 7) is 2.60. The van der Waals surface area contributed by atoms with Gasteiger partial charge in [0.25, 0.3) is 5.91 Å². The second kappa shape index (κ2) is 10.2. The molecule has 32 heavy (non-hydrogen) atoms. The zero-order valence-corrected chi connectivity index (χ0v) is 18.3. The molecular formula is C24H22ClN3O4. The Morgan fingerprint density at radius 1 is 1.09 bits per heavy atom. The molecule has 0 saturated heterocycles. The summed E-state index contributed by atoms with van der Waals surface area (Å²) in [5.41, 5.74) is 2.04. The van der Waals surface area contributed by atoms with Crippen molar-refractivity contribution in [3.05, 3.63) is 89.2 Å². The molecule has 2 heterocycles. The third-order valence-electron chi connectivity index (χ3n) is 4.83. The SMILES string of the molecule is Cc1ccc(-c2noc(CCN(Cc3ccco3)C(=O)COc3ccc(Cl)cc3)n2)cc1. The van der Waals surface area contributed by atoms with Crippen LogP contribution in [0.25, 0.3) is 11.4 Å². The molecule has 4 rings (SSSR count). The fourth-order valence-electron chi connectivity index (χ4n) is 3.06. The third kappa shape index (κ3) is 5.76. The van der Waals surface area contributed by atoms with Crippen LogP contribution in [0.2, 0.25) is 5.02 Å². The number of halogens is 1. The van der Waals surface area contributed by atoms with Crippen molar-refractivity contribution in [1.82, 2.24) is 15.0 Å². The zero-order chi connectivity index (χ0) is 22.3. The maximum absolute atomic E-state index is 12.9. The summed E-state index contributed by atoms with van der Waals surface area (Å²) in [5, 5.41) is 4.66. The van der Waals surface area contributed by atoms with E-state index in [1.54, 1.807) is 41.5 Å². The lowest BCUT2D eigenvalue weighted by Gasteiger charge is -2.21. The van der Waals surface area contributed by atoms with Gasteiger partial charge in [-0.15, -0.1) is 0 Å². The molecule has 1 amide bonds. The van der Waals surface area contributed by atoms with Crippen molar-refractivity contribution in [2.75, 3.05) is 13.2 Å². The monoisotopic (exact) mass is 451 g/mol. The molecule has 0 unspecified atom stereocenters. The van der Waals surface area contributed by atoms with E-state index in [0.717, 1.165) is 11.1 Å². The summed E-state index contributed by atoms with van der Waals surface area (Å²) in [6.07, 6.45) is 1.99. The molecule has 0 bridgehead atoms. The van der Waals surface area contributed by atoms with Gasteiger partial charge >= 0.3 is 0 Å². The Bertz CT molecular complexity index is 1140. The molecule has 0 spiro atoms. The summed E-state index contributed by atoms with van der Waals surface area (Å²) in [5.74, 6) is 2.04. The highest BCUT2D eigenvalue weighted by molar-refractivity contribution is 6.30. The molecule has 0 atom stereocenters. The van der Waals surface area contributed by atoms with Crippen molar-refractivity contribution in [1.29, 1.82) is 0 Å². The molecule has 0 aliphatic rings. The molecule has 0 radical (unpaired) electrons. The number of amides is 1. The minimum atomic E-state index is -0.186. The molecule has 0 aliphatic carbocycles. The molecule has 8 heteroatoms. The van der Waals surface area contributed by atoms with Gasteiger partial charge < -0.3 is 18.6 Å². The number of rotatable bonds is 9. The van der Waals surface area contributed by atoms with Gasteiger partial charge in [-0.25, -0.2) is 0 Å². The van der Waals surface area contributed by atoms with Crippen molar-refractivity contribution in [3.8, 4) is 17.1 Å². The number of aromatic nitrogens is 2. The van der Waals surface area contributed by atoms with E-state index in [-0.39, 0.29) is 12.5 Å². The highest BCUT2D eigenvalue weighted by Crippen LogP contribution is 2.18. The summed E-state index contributed by atoms with van der Waals surface area (Å²) in [4.78, 5) is 19.0. The number of ether oxygens (including phenoxy) is 1. The van der Waals surface area contributed by atoms with Crippen molar-refractivity contribution >= 4 is 17.5 Å². The van der Waals surface area contributed by atoms with Crippen LogP contribution in [-0.2, 0) is 17.8 Å². The van der Waals surface area contributed by atoms with Crippen molar-refractivity contribution < 1.29 is 18.5 Å². The van der Waals surface area contributed by atoms with E-state index in [2.05, 4.69) is 10.1 Å². The molecule has 0 saturated carbocycles. The minimum Gasteiger partial charge on any atom is -0.484 e. The van der Waals surface area contributed by atoms with Gasteiger partial charge in [-0.1, -0.05) is 46.6 Å². The van der Waals surface area contributed by atoms with Gasteiger partial charge in [-0.2, -0.15) is 4.98 Å². The molecule has 7 nitrogen and oxygen atoms in total. The van der Waals surface area contributed by atoms with Crippen LogP contribution < -0.4 is 4.74 Å². The summed E-state index contributed by atoms with van der Waals surface area (Å²) < 4.78 is 16.4. The number of benzene rings is 2. The van der Waals surface area contributed by atoms with Gasteiger partial charge in [0.15, 0.2) is 6.61 Å². The van der Waals surface area contributed by atoms with Crippen LogP contribution in [0.15, 0.2) is 75.9 Å². The molecule has 0 fully saturated rings. The van der Waals surface area contributed by atoms with E-state index >= 15 is 0 Å². The van der Waals surface area contributed by atoms with Crippen LogP contribution in [0.1, 0.15) is 17.2 Å². The number of hydrogen-bond donors (Lipinski definition) is 0. The Labute approximate surface area is 190 Å². The first-order valence-corrected chi connectivity index (χ1v) is 10.5. The first-order valence-electron chi connectivity index (χ1n) is 10.1. The second-order valence-corrected chi connectivity index (χ2v) is 7.70. The molecule has 4 aromatic rings. The van der Waals surface area contributed by atoms with Gasteiger partial charge in [0, 0.05) is 23.6 Å². The molecule has 164 valence electrons. The van der Waals surface area contributed by atoms with Gasteiger partial charge in [0.2, 0.25) is 11.7 Å². The summed E-state index contributed by atoms with van der Waals surface area (Å²) in [6, 6.07) is 18.4. The largest absolute Gasteiger partial charge is 0.484 e. The average Bonchev–Trinajstić information content (AvgIpc) is 3.49. The van der Waals surface area contributed by atoms with Crippen molar-refractivity contribution in [2.45, 2.75) is 19.9 Å². The van der Waals surface area contributed by atoms with Crippen LogP contribution in [0.3, 0.4) is 0 Å². The summed E-state index contributed by atoms with van der Waals surface area (Å²) >= 11 is 5.89. The standard InChI is InChI=1S/C24H22ClN3O4/c1-17-4-6-18(7-5-17)24-26-22(32-27-24)12-13-28(15-21-3-2-14-30-21)23(29)16-31-20-10-8-19(25)9-11-20/h2-11,14H,12-13,15-16H2,1H3. The number of carbonyl (C=O) groups is 1. The van der Waals surface area contributed by atoms with E-state index in [4.69, 9.17) is 25.3 Å². The lowest BCUT2D eigenvalue weighted by atomic mass is 10.1. The predicted octanol–water partition coefficient (Wildman–Crippen LogP) is 4.94. The first kappa shape index (κ1) is 21.6. The lowest BCUT2D eigenvalue weighted by Crippen LogP contribution is -2.36. The van der Waals surface area contributed by atoms with Gasteiger partial charge in [0.05, 0.1) is 12.8 Å². The number of hydrogen-bond acceptors (Lipinski definition) is 6. The molecule has 2 aromatic heterocycles. The van der Waals surface area contributed by atoms with Crippen molar-refractivity contribution in [3.63, 3.8) is 0 Å². The van der Waals surface area contributed by atoms with Crippen LogP contribution in [0, 0.1) is 6.92 Å². The molecule has 0 aliphatic heterocycles. The fourth-order valence-corrected chi connectivity index (χ4v) is 3.18. The van der Waals surface area contributed by atoms with E-state index in [1.165, 1.54) is 0 Å². The Morgan fingerprint density at radius 2 is 1.88 bits per heavy atom. The number of carbonyl (C=O) groups excluding carboxylic acids is 1. The van der Waals surface area contributed by atoms with E-state index < -0.39 is 0 Å². The lowest BCUT2D eigenvalue weighted by molar-refractivity contribution is -0.134. The quantitative estimate of drug-likeness (QED) is 0.358. The predicted molar refractivity (Wildman–Crippen MR) is 119 cm³/mol. The van der Waals surface area contributed by atoms with Gasteiger partial charge in [0.1, 0.15) is 11.5 Å². The Morgan fingerprint density at radius 3 is 2.59 bits per heavy atom. The van der Waals surface area contributed by atoms with Crippen molar-refractivity contribution in [2.24, 2.45) is 0 Å². The molecule has 0 N–H and O–H groups in total. The maximum atomic E-state index is 12.9. The van der Waals surface area contributed by atoms with E-state index in [9.17, 15) is 4.79 Å². The minimum absolute atomic E-state index is 0.110. The zero-order valence-electron chi connectivity index (χ0n) is 17.5. The Kier molecular flexibility index (Phi) is 6.87. The molecule has 2 aromatic carbocycles. The van der Waals surface area contributed by atoms with Crippen LogP contribution in [0.4, 0.5) is 0 Å². The topological polar surface area (TPSA) is 81.6 Å². The summed E-state index contributed by atoms with van der Waals surface area (Å²) in [7, 11) is 0. The second-order valence-electron chi connectivity index (χ2n) is 7.27. The smallest absolute Gasteiger partial charge is 0.260 e. The fraction of sp³-hybridized carbons (Fsp3) is 0.208. The average molecular weight is 452 g/mol. The van der Waals surface area contributed by atoms with Crippen LogP contribution >= 0.6 is 11.6 Å². The number of nitrogens with zero attached hydrogens (tertiary/aromatic N) is 3. The highest BCUT2D eigenvalue weighted by atomic mass is 35.5. The third-order valence-corrected chi connectivity index (χ3v) is 5.08. The number of furan rings is 1. The van der Waals surface area contributed by atoms with E-state index in [1.807, 2.05) is 37.3 Å². The molecular weight excluding hydrogens is 430 g/mol. The Hall–Kier alpha value is -3.58. The Balaban J connectivity index is 1.39. The normalized spacial score (nSPS) is 10.8. The van der Waals surface area contributed by atoms with Crippen LogP contribution in [0.5, 0.6) is 5.75 Å². The highest BCUT2D eigenvalue weighted by Gasteiger charge is 2.18. The maximum Gasteiger partial charge on any atom is 0.260 e. The van der Waals surface area contributed by atoms with Crippen LogP contribution in [-0.4, -0.2) is 34.1 Å². The van der Waals surface area contributed by atoms with Gasteiger partial charge in [-0.3, -0.25) is 4.79 Å². The van der Waals surface area contributed by atoms with E-state index in [0.29, 0.717) is 47.8 Å². The first-order chi connectivity index (χ1) is 15.6. The van der Waals surface area contributed by atoms with Gasteiger partial charge in [-0.05, 0) is 43.3 Å².